The van der Waals surface area contributed by atoms with Gasteiger partial charge in [0.2, 0.25) is 0 Å². The van der Waals surface area contributed by atoms with Crippen molar-refractivity contribution in [3.63, 3.8) is 0 Å². The maximum Gasteiger partial charge on any atom is 0.305 e. The second-order valence-electron chi connectivity index (χ2n) is 6.07. The van der Waals surface area contributed by atoms with Crippen LogP contribution in [0.2, 0.25) is 0 Å². The van der Waals surface area contributed by atoms with E-state index in [1.54, 1.807) is 0 Å². The number of hydrogen-bond acceptors (Lipinski definition) is 5. The van der Waals surface area contributed by atoms with Gasteiger partial charge in [-0.05, 0) is 46.5 Å². The third-order valence-corrected chi connectivity index (χ3v) is 4.13. The largest absolute Gasteiger partial charge is 0.466 e. The maximum atomic E-state index is 11.3. The van der Waals surface area contributed by atoms with Crippen molar-refractivity contribution >= 4 is 5.97 Å². The second kappa shape index (κ2) is 8.27. The van der Waals surface area contributed by atoms with Gasteiger partial charge in [-0.3, -0.25) is 4.79 Å². The predicted octanol–water partition coefficient (Wildman–Crippen LogP) is 2.39. The molecular weight excluding hydrogens is 280 g/mol. The lowest BCUT2D eigenvalue weighted by Gasteiger charge is -2.22. The van der Waals surface area contributed by atoms with Crippen LogP contribution in [0.15, 0.2) is 0 Å². The van der Waals surface area contributed by atoms with Crippen molar-refractivity contribution in [2.45, 2.75) is 77.9 Å². The van der Waals surface area contributed by atoms with Crippen LogP contribution in [0.1, 0.15) is 70.6 Å². The van der Waals surface area contributed by atoms with Crippen LogP contribution in [0.5, 0.6) is 0 Å². The zero-order valence-electron chi connectivity index (χ0n) is 14.0. The molecule has 1 aromatic rings. The van der Waals surface area contributed by atoms with Crippen LogP contribution in [0, 0.1) is 0 Å². The lowest BCUT2D eigenvalue weighted by molar-refractivity contribution is -0.143. The second-order valence-corrected chi connectivity index (χ2v) is 6.07. The molecule has 1 aliphatic heterocycles. The average Bonchev–Trinajstić information content (AvgIpc) is 2.91. The molecule has 0 aliphatic carbocycles. The molecule has 0 saturated heterocycles. The number of nitrogens with zero attached hydrogens (tertiary/aromatic N) is 3. The molecule has 2 atom stereocenters. The van der Waals surface area contributed by atoms with Crippen LogP contribution < -0.4 is 5.32 Å². The van der Waals surface area contributed by atoms with Gasteiger partial charge in [0.25, 0.3) is 0 Å². The first-order chi connectivity index (χ1) is 10.6. The van der Waals surface area contributed by atoms with Gasteiger partial charge in [0.15, 0.2) is 0 Å². The van der Waals surface area contributed by atoms with Crippen LogP contribution in [0.3, 0.4) is 0 Å². The standard InChI is InChI=1S/C16H28N4O2/c1-4-22-15(21)10-7-8-12(2)17-13(3)16-19-18-14-9-5-6-11-20(14)16/h12-13,17H,4-11H2,1-3H3/t12-,13+/m0/s1. The number of aryl methyl sites for hydroxylation is 1. The molecule has 0 amide bonds. The fraction of sp³-hybridized carbons (Fsp3) is 0.812. The minimum atomic E-state index is -0.103. The fourth-order valence-corrected chi connectivity index (χ4v) is 3.02. The van der Waals surface area contributed by atoms with E-state index in [1.807, 2.05) is 6.92 Å². The molecule has 0 saturated carbocycles. The van der Waals surface area contributed by atoms with Crippen LogP contribution in [-0.2, 0) is 22.5 Å². The van der Waals surface area contributed by atoms with Crippen molar-refractivity contribution in [1.82, 2.24) is 20.1 Å². The number of fused-ring (bicyclic) bond motifs is 1. The number of nitrogens with one attached hydrogen (secondary N) is 1. The molecule has 124 valence electrons. The molecule has 1 N–H and O–H groups in total. The van der Waals surface area contributed by atoms with E-state index in [1.165, 1.54) is 12.8 Å². The summed E-state index contributed by atoms with van der Waals surface area (Å²) >= 11 is 0. The lowest BCUT2D eigenvalue weighted by atomic mass is 10.1. The monoisotopic (exact) mass is 308 g/mol. The number of ether oxygens (including phenoxy) is 1. The Bertz CT molecular complexity index is 486. The summed E-state index contributed by atoms with van der Waals surface area (Å²) in [6, 6.07) is 0.512. The van der Waals surface area contributed by atoms with Crippen molar-refractivity contribution in [3.05, 3.63) is 11.6 Å². The van der Waals surface area contributed by atoms with Crippen LogP contribution >= 0.6 is 0 Å². The SMILES string of the molecule is CCOC(=O)CCC[C@H](C)N[C@H](C)c1nnc2n1CCCC2. The molecular formula is C16H28N4O2. The van der Waals surface area contributed by atoms with E-state index in [9.17, 15) is 4.79 Å². The highest BCUT2D eigenvalue weighted by atomic mass is 16.5. The molecule has 6 nitrogen and oxygen atoms in total. The number of rotatable bonds is 8. The molecule has 0 spiro atoms. The minimum Gasteiger partial charge on any atom is -0.466 e. The van der Waals surface area contributed by atoms with Crippen molar-refractivity contribution in [2.24, 2.45) is 0 Å². The van der Waals surface area contributed by atoms with Crippen molar-refractivity contribution in [3.8, 4) is 0 Å². The quantitative estimate of drug-likeness (QED) is 0.747. The first kappa shape index (κ1) is 16.9. The zero-order chi connectivity index (χ0) is 15.9. The van der Waals surface area contributed by atoms with Crippen LogP contribution in [-0.4, -0.2) is 33.4 Å². The summed E-state index contributed by atoms with van der Waals surface area (Å²) in [5.41, 5.74) is 0. The summed E-state index contributed by atoms with van der Waals surface area (Å²) in [5.74, 6) is 2.05. The maximum absolute atomic E-state index is 11.3. The summed E-state index contributed by atoms with van der Waals surface area (Å²) in [6.45, 7) is 7.61. The van der Waals surface area contributed by atoms with Crippen molar-refractivity contribution in [2.75, 3.05) is 6.61 Å². The topological polar surface area (TPSA) is 69.0 Å². The molecule has 1 aromatic heterocycles. The third-order valence-electron chi connectivity index (χ3n) is 4.13. The van der Waals surface area contributed by atoms with Crippen molar-refractivity contribution < 1.29 is 9.53 Å². The smallest absolute Gasteiger partial charge is 0.305 e. The molecule has 6 heteroatoms. The number of aromatic nitrogens is 3. The molecule has 2 rings (SSSR count). The van der Waals surface area contributed by atoms with Crippen LogP contribution in [0.4, 0.5) is 0 Å². The van der Waals surface area contributed by atoms with E-state index in [0.29, 0.717) is 19.1 Å². The summed E-state index contributed by atoms with van der Waals surface area (Å²) in [7, 11) is 0. The highest BCUT2D eigenvalue weighted by molar-refractivity contribution is 5.69. The third kappa shape index (κ3) is 4.53. The van der Waals surface area contributed by atoms with Gasteiger partial charge in [-0.25, -0.2) is 0 Å². The number of carbonyl (C=O) groups is 1. The predicted molar refractivity (Wildman–Crippen MR) is 84.5 cm³/mol. The first-order valence-corrected chi connectivity index (χ1v) is 8.45. The molecule has 1 aliphatic rings. The molecule has 0 fully saturated rings. The summed E-state index contributed by atoms with van der Waals surface area (Å²) in [5, 5.41) is 12.2. The average molecular weight is 308 g/mol. The van der Waals surface area contributed by atoms with Gasteiger partial charge in [-0.2, -0.15) is 0 Å². The van der Waals surface area contributed by atoms with E-state index in [2.05, 4.69) is 33.9 Å². The van der Waals surface area contributed by atoms with Crippen LogP contribution in [0.25, 0.3) is 0 Å². The Balaban J connectivity index is 1.77. The van der Waals surface area contributed by atoms with E-state index < -0.39 is 0 Å². The van der Waals surface area contributed by atoms with Gasteiger partial charge < -0.3 is 14.6 Å². The molecule has 0 bridgehead atoms. The number of esters is 1. The van der Waals surface area contributed by atoms with Gasteiger partial charge in [0.1, 0.15) is 11.6 Å². The Morgan fingerprint density at radius 2 is 2.18 bits per heavy atom. The Hall–Kier alpha value is -1.43. The van der Waals surface area contributed by atoms with Gasteiger partial charge >= 0.3 is 5.97 Å². The van der Waals surface area contributed by atoms with E-state index in [4.69, 9.17) is 4.74 Å². The summed E-state index contributed by atoms with van der Waals surface area (Å²) in [4.78, 5) is 11.3. The normalized spacial score (nSPS) is 16.9. The summed E-state index contributed by atoms with van der Waals surface area (Å²) in [6.07, 6.45) is 5.75. The molecule has 2 heterocycles. The van der Waals surface area contributed by atoms with Gasteiger partial charge in [0, 0.05) is 25.4 Å². The Morgan fingerprint density at radius 3 is 2.95 bits per heavy atom. The molecule has 0 unspecified atom stereocenters. The number of hydrogen-bond donors (Lipinski definition) is 1. The molecule has 22 heavy (non-hydrogen) atoms. The van der Waals surface area contributed by atoms with Crippen molar-refractivity contribution in [1.29, 1.82) is 0 Å². The zero-order valence-corrected chi connectivity index (χ0v) is 14.0. The Morgan fingerprint density at radius 1 is 1.36 bits per heavy atom. The Labute approximate surface area is 132 Å². The van der Waals surface area contributed by atoms with E-state index >= 15 is 0 Å². The lowest BCUT2D eigenvalue weighted by Crippen LogP contribution is -2.31. The molecule has 0 radical (unpaired) electrons. The van der Waals surface area contributed by atoms with Gasteiger partial charge in [-0.1, -0.05) is 0 Å². The van der Waals surface area contributed by atoms with Gasteiger partial charge in [-0.15, -0.1) is 10.2 Å². The molecule has 0 aromatic carbocycles. The fourth-order valence-electron chi connectivity index (χ4n) is 3.02. The first-order valence-electron chi connectivity index (χ1n) is 8.45. The van der Waals surface area contributed by atoms with E-state index in [0.717, 1.165) is 37.5 Å². The highest BCUT2D eigenvalue weighted by Gasteiger charge is 2.20. The summed E-state index contributed by atoms with van der Waals surface area (Å²) < 4.78 is 7.20. The Kier molecular flexibility index (Phi) is 6.36. The highest BCUT2D eigenvalue weighted by Crippen LogP contribution is 2.19. The van der Waals surface area contributed by atoms with Gasteiger partial charge in [0.05, 0.1) is 12.6 Å². The van der Waals surface area contributed by atoms with E-state index in [-0.39, 0.29) is 12.0 Å². The minimum absolute atomic E-state index is 0.103. The number of carbonyl (C=O) groups excluding carboxylic acids is 1.